The number of nitrogens with zero attached hydrogens (tertiary/aromatic N) is 1. The molecule has 4 amide bonds. The van der Waals surface area contributed by atoms with Crippen LogP contribution in [-0.2, 0) is 19.1 Å². The molecule has 9 heteroatoms. The molecule has 2 atom stereocenters. The quantitative estimate of drug-likeness (QED) is 0.241. The van der Waals surface area contributed by atoms with E-state index in [1.807, 2.05) is 31.2 Å². The zero-order valence-electron chi connectivity index (χ0n) is 25.8. The summed E-state index contributed by atoms with van der Waals surface area (Å²) in [6.45, 7) is 9.62. The molecule has 0 radical (unpaired) electrons. The normalized spacial score (nSPS) is 15.4. The number of primary amides is 1. The summed E-state index contributed by atoms with van der Waals surface area (Å²) in [5, 5.41) is 5.90. The fraction of sp³-hybridized carbons (Fsp3) is 0.688. The largest absolute Gasteiger partial charge is 0.444 e. The molecule has 0 aliphatic heterocycles. The third kappa shape index (κ3) is 12.1. The lowest BCUT2D eigenvalue weighted by molar-refractivity contribution is -0.143. The first-order chi connectivity index (χ1) is 19.4. The number of aryl methyl sites for hydroxylation is 1. The molecule has 0 bridgehead atoms. The van der Waals surface area contributed by atoms with Gasteiger partial charge in [-0.25, -0.2) is 4.79 Å². The Kier molecular flexibility index (Phi) is 14.1. The van der Waals surface area contributed by atoms with Gasteiger partial charge in [-0.15, -0.1) is 0 Å². The molecular formula is C32H52N4O5. The highest BCUT2D eigenvalue weighted by Gasteiger charge is 2.37. The molecule has 0 saturated heterocycles. The van der Waals surface area contributed by atoms with Gasteiger partial charge in [0.2, 0.25) is 17.7 Å². The van der Waals surface area contributed by atoms with E-state index in [0.29, 0.717) is 13.0 Å². The maximum Gasteiger partial charge on any atom is 0.408 e. The molecule has 2 rings (SSSR count). The molecule has 230 valence electrons. The number of nitrogens with one attached hydrogen (secondary N) is 2. The SMILES string of the molecule is CCCCCCCN(C(=O)C(CCC(N)=O)NC(=O)OC(C)(C)C)C(C(=O)NC1CCCCC1)c1ccccc1C. The van der Waals surface area contributed by atoms with E-state index in [4.69, 9.17) is 10.5 Å². The maximum absolute atomic E-state index is 14.3. The van der Waals surface area contributed by atoms with Gasteiger partial charge < -0.3 is 26.0 Å². The third-order valence-electron chi connectivity index (χ3n) is 7.45. The summed E-state index contributed by atoms with van der Waals surface area (Å²) >= 11 is 0. The Bertz CT molecular complexity index is 1000. The Labute approximate surface area is 246 Å². The number of carbonyl (C=O) groups is 4. The number of nitrogens with two attached hydrogens (primary N) is 1. The van der Waals surface area contributed by atoms with Gasteiger partial charge in [0.1, 0.15) is 17.7 Å². The average Bonchev–Trinajstić information content (AvgIpc) is 2.90. The number of unbranched alkanes of at least 4 members (excludes halogenated alkanes) is 4. The van der Waals surface area contributed by atoms with E-state index in [2.05, 4.69) is 17.6 Å². The van der Waals surface area contributed by atoms with Crippen molar-refractivity contribution in [2.45, 2.75) is 135 Å². The first kappa shape index (κ1) is 34.1. The Hall–Kier alpha value is -3.10. The molecule has 1 fully saturated rings. The number of alkyl carbamates (subject to hydrolysis) is 1. The van der Waals surface area contributed by atoms with Crippen molar-refractivity contribution in [2.75, 3.05) is 6.54 Å². The highest BCUT2D eigenvalue weighted by molar-refractivity contribution is 5.92. The second kappa shape index (κ2) is 17.0. The number of carbonyl (C=O) groups excluding carboxylic acids is 4. The first-order valence-corrected chi connectivity index (χ1v) is 15.4. The molecule has 1 aliphatic carbocycles. The van der Waals surface area contributed by atoms with Crippen LogP contribution in [0, 0.1) is 6.92 Å². The fourth-order valence-electron chi connectivity index (χ4n) is 5.32. The highest BCUT2D eigenvalue weighted by Crippen LogP contribution is 2.28. The zero-order valence-corrected chi connectivity index (χ0v) is 25.8. The Balaban J connectivity index is 2.47. The Morgan fingerprint density at radius 3 is 2.29 bits per heavy atom. The predicted molar refractivity (Wildman–Crippen MR) is 161 cm³/mol. The van der Waals surface area contributed by atoms with Crippen molar-refractivity contribution in [3.63, 3.8) is 0 Å². The maximum atomic E-state index is 14.3. The lowest BCUT2D eigenvalue weighted by Gasteiger charge is -2.36. The lowest BCUT2D eigenvalue weighted by atomic mass is 9.93. The summed E-state index contributed by atoms with van der Waals surface area (Å²) in [5.74, 6) is -1.23. The molecule has 2 unspecified atom stereocenters. The highest BCUT2D eigenvalue weighted by atomic mass is 16.6. The number of hydrogen-bond donors (Lipinski definition) is 3. The molecule has 1 aromatic carbocycles. The molecule has 1 saturated carbocycles. The number of rotatable bonds is 15. The summed E-state index contributed by atoms with van der Waals surface area (Å²) in [5.41, 5.74) is 6.29. The minimum absolute atomic E-state index is 0.00444. The van der Waals surface area contributed by atoms with E-state index in [9.17, 15) is 19.2 Å². The molecular weight excluding hydrogens is 520 g/mol. The smallest absolute Gasteiger partial charge is 0.408 e. The summed E-state index contributed by atoms with van der Waals surface area (Å²) in [7, 11) is 0. The van der Waals surface area contributed by atoms with Crippen molar-refractivity contribution in [3.8, 4) is 0 Å². The van der Waals surface area contributed by atoms with Gasteiger partial charge in [-0.1, -0.05) is 76.1 Å². The van der Waals surface area contributed by atoms with Crippen LogP contribution < -0.4 is 16.4 Å². The van der Waals surface area contributed by atoms with Crippen molar-refractivity contribution in [1.29, 1.82) is 0 Å². The van der Waals surface area contributed by atoms with Crippen molar-refractivity contribution in [2.24, 2.45) is 5.73 Å². The molecule has 0 spiro atoms. The van der Waals surface area contributed by atoms with Crippen LogP contribution in [0.15, 0.2) is 24.3 Å². The summed E-state index contributed by atoms with van der Waals surface area (Å²) < 4.78 is 5.43. The molecule has 1 aliphatic rings. The van der Waals surface area contributed by atoms with Crippen LogP contribution >= 0.6 is 0 Å². The van der Waals surface area contributed by atoms with Gasteiger partial charge in [0.15, 0.2) is 0 Å². The number of ether oxygens (including phenoxy) is 1. The van der Waals surface area contributed by atoms with E-state index in [-0.39, 0.29) is 24.8 Å². The van der Waals surface area contributed by atoms with Gasteiger partial charge in [-0.3, -0.25) is 14.4 Å². The van der Waals surface area contributed by atoms with Crippen molar-refractivity contribution in [3.05, 3.63) is 35.4 Å². The molecule has 41 heavy (non-hydrogen) atoms. The summed E-state index contributed by atoms with van der Waals surface area (Å²) in [6, 6.07) is 5.70. The van der Waals surface area contributed by atoms with Gasteiger partial charge in [-0.2, -0.15) is 0 Å². The van der Waals surface area contributed by atoms with Crippen LogP contribution in [0.5, 0.6) is 0 Å². The molecule has 0 heterocycles. The summed E-state index contributed by atoms with van der Waals surface area (Å²) in [6.07, 6.45) is 9.10. The minimum atomic E-state index is -1.08. The Morgan fingerprint density at radius 2 is 1.68 bits per heavy atom. The molecule has 1 aromatic rings. The number of amides is 4. The van der Waals surface area contributed by atoms with Crippen LogP contribution in [0.3, 0.4) is 0 Å². The van der Waals surface area contributed by atoms with Crippen molar-refractivity contribution in [1.82, 2.24) is 15.5 Å². The average molecular weight is 573 g/mol. The molecule has 9 nitrogen and oxygen atoms in total. The predicted octanol–water partition coefficient (Wildman–Crippen LogP) is 5.44. The molecule has 4 N–H and O–H groups in total. The van der Waals surface area contributed by atoms with Crippen molar-refractivity contribution >= 4 is 23.8 Å². The second-order valence-electron chi connectivity index (χ2n) is 12.3. The molecule has 0 aromatic heterocycles. The van der Waals surface area contributed by atoms with E-state index in [1.54, 1.807) is 25.7 Å². The zero-order chi connectivity index (χ0) is 30.4. The minimum Gasteiger partial charge on any atom is -0.444 e. The van der Waals surface area contributed by atoms with Crippen LogP contribution in [0.25, 0.3) is 0 Å². The van der Waals surface area contributed by atoms with E-state index >= 15 is 0 Å². The van der Waals surface area contributed by atoms with Crippen LogP contribution in [-0.4, -0.2) is 52.9 Å². The van der Waals surface area contributed by atoms with Gasteiger partial charge in [-0.05, 0) is 64.5 Å². The third-order valence-corrected chi connectivity index (χ3v) is 7.45. The first-order valence-electron chi connectivity index (χ1n) is 15.4. The van der Waals surface area contributed by atoms with Gasteiger partial charge >= 0.3 is 6.09 Å². The second-order valence-corrected chi connectivity index (χ2v) is 12.3. The van der Waals surface area contributed by atoms with Gasteiger partial charge in [0.25, 0.3) is 0 Å². The van der Waals surface area contributed by atoms with Gasteiger partial charge in [0.05, 0.1) is 0 Å². The van der Waals surface area contributed by atoms with Crippen LogP contribution in [0.2, 0.25) is 0 Å². The summed E-state index contributed by atoms with van der Waals surface area (Å²) in [4.78, 5) is 54.4. The Morgan fingerprint density at radius 1 is 1.02 bits per heavy atom. The van der Waals surface area contributed by atoms with E-state index in [1.165, 1.54) is 0 Å². The lowest BCUT2D eigenvalue weighted by Crippen LogP contribution is -2.54. The monoisotopic (exact) mass is 572 g/mol. The fourth-order valence-corrected chi connectivity index (χ4v) is 5.32. The van der Waals surface area contributed by atoms with Crippen LogP contribution in [0.4, 0.5) is 4.79 Å². The van der Waals surface area contributed by atoms with E-state index < -0.39 is 35.6 Å². The van der Waals surface area contributed by atoms with Gasteiger partial charge in [0, 0.05) is 19.0 Å². The number of hydrogen-bond acceptors (Lipinski definition) is 5. The van der Waals surface area contributed by atoms with Crippen molar-refractivity contribution < 1.29 is 23.9 Å². The topological polar surface area (TPSA) is 131 Å². The number of benzene rings is 1. The van der Waals surface area contributed by atoms with E-state index in [0.717, 1.165) is 68.9 Å². The standard InChI is InChI=1S/C32H52N4O5/c1-6-7-8-9-15-22-36(30(39)26(20-21-27(33)37)35-31(40)41-32(3,4)5)28(25-19-14-13-16-23(25)2)29(38)34-24-17-11-10-12-18-24/h13-14,16,19,24,26,28H,6-12,15,17-18,20-22H2,1-5H3,(H2,33,37)(H,34,38)(H,35,40). The van der Waals surface area contributed by atoms with Crippen LogP contribution in [0.1, 0.15) is 122 Å².